The molecule has 0 saturated carbocycles. The summed E-state index contributed by atoms with van der Waals surface area (Å²) in [7, 11) is 0. The average molecular weight is 365 g/mol. The molecule has 0 spiro atoms. The average Bonchev–Trinajstić information content (AvgIpc) is 2.57. The summed E-state index contributed by atoms with van der Waals surface area (Å²) in [5.74, 6) is -0.864. The molecular formula is C20H31NO5. The third-order valence-electron chi connectivity index (χ3n) is 4.10. The fraction of sp³-hybridized carbons (Fsp3) is 0.600. The Morgan fingerprint density at radius 1 is 1.15 bits per heavy atom. The van der Waals surface area contributed by atoms with Gasteiger partial charge in [-0.05, 0) is 37.0 Å². The molecule has 0 bridgehead atoms. The van der Waals surface area contributed by atoms with E-state index in [1.165, 1.54) is 13.3 Å². The molecule has 1 unspecified atom stereocenters. The standard InChI is InChI=1S/C20H31NO5/c1-4-5-6-7-8-9-19(23)25-15(3)26-20(24)17(21)12-16-11-10-14(2)18(22)13-16/h10-11,13,15,17,22H,4-9,12,21H2,1-3H3/t15?,17-/m0/s1. The number of carbonyl (C=O) groups excluding carboxylic acids is 2. The van der Waals surface area contributed by atoms with E-state index < -0.39 is 18.3 Å². The third-order valence-corrected chi connectivity index (χ3v) is 4.10. The molecule has 3 N–H and O–H groups in total. The van der Waals surface area contributed by atoms with Gasteiger partial charge in [-0.2, -0.15) is 0 Å². The smallest absolute Gasteiger partial charge is 0.326 e. The van der Waals surface area contributed by atoms with Gasteiger partial charge < -0.3 is 20.3 Å². The Kier molecular flexibility index (Phi) is 9.73. The molecule has 1 aromatic rings. The van der Waals surface area contributed by atoms with Gasteiger partial charge in [0.25, 0.3) is 0 Å². The highest BCUT2D eigenvalue weighted by Gasteiger charge is 2.20. The first-order valence-corrected chi connectivity index (χ1v) is 9.27. The van der Waals surface area contributed by atoms with Crippen molar-refractivity contribution < 1.29 is 24.2 Å². The number of phenolic OH excluding ortho intramolecular Hbond substituents is 1. The van der Waals surface area contributed by atoms with E-state index in [0.717, 1.165) is 36.8 Å². The van der Waals surface area contributed by atoms with Crippen molar-refractivity contribution in [3.63, 3.8) is 0 Å². The van der Waals surface area contributed by atoms with Gasteiger partial charge in [0.05, 0.1) is 0 Å². The lowest BCUT2D eigenvalue weighted by Gasteiger charge is -2.17. The van der Waals surface area contributed by atoms with Gasteiger partial charge >= 0.3 is 11.9 Å². The maximum atomic E-state index is 12.0. The van der Waals surface area contributed by atoms with Crippen LogP contribution in [-0.2, 0) is 25.5 Å². The number of aromatic hydroxyl groups is 1. The van der Waals surface area contributed by atoms with Crippen LogP contribution in [0.25, 0.3) is 0 Å². The predicted molar refractivity (Wildman–Crippen MR) is 99.5 cm³/mol. The van der Waals surface area contributed by atoms with Crippen LogP contribution >= 0.6 is 0 Å². The molecule has 2 atom stereocenters. The first-order chi connectivity index (χ1) is 12.3. The van der Waals surface area contributed by atoms with E-state index >= 15 is 0 Å². The summed E-state index contributed by atoms with van der Waals surface area (Å²) in [5, 5.41) is 9.70. The zero-order valence-electron chi connectivity index (χ0n) is 16.0. The summed E-state index contributed by atoms with van der Waals surface area (Å²) in [6.07, 6.45) is 4.77. The van der Waals surface area contributed by atoms with Crippen LogP contribution in [0, 0.1) is 6.92 Å². The van der Waals surface area contributed by atoms with Crippen LogP contribution in [0.15, 0.2) is 18.2 Å². The van der Waals surface area contributed by atoms with Crippen molar-refractivity contribution in [3.8, 4) is 5.75 Å². The topological polar surface area (TPSA) is 98.9 Å². The second-order valence-corrected chi connectivity index (χ2v) is 6.59. The molecule has 0 aliphatic rings. The fourth-order valence-corrected chi connectivity index (χ4v) is 2.51. The summed E-state index contributed by atoms with van der Waals surface area (Å²) < 4.78 is 10.2. The highest BCUT2D eigenvalue weighted by Crippen LogP contribution is 2.18. The summed E-state index contributed by atoms with van der Waals surface area (Å²) in [6, 6.07) is 4.23. The first-order valence-electron chi connectivity index (χ1n) is 9.27. The number of rotatable bonds is 11. The zero-order chi connectivity index (χ0) is 19.5. The van der Waals surface area contributed by atoms with E-state index in [1.54, 1.807) is 25.1 Å². The molecule has 146 valence electrons. The van der Waals surface area contributed by atoms with Crippen molar-refractivity contribution in [1.29, 1.82) is 0 Å². The van der Waals surface area contributed by atoms with Crippen molar-refractivity contribution in [2.45, 2.75) is 78.0 Å². The highest BCUT2D eigenvalue weighted by molar-refractivity contribution is 5.76. The SMILES string of the molecule is CCCCCCCC(=O)OC(C)OC(=O)[C@@H](N)Cc1ccc(C)c(O)c1. The van der Waals surface area contributed by atoms with E-state index in [-0.39, 0.29) is 18.1 Å². The number of nitrogens with two attached hydrogens (primary N) is 1. The van der Waals surface area contributed by atoms with Gasteiger partial charge in [0.15, 0.2) is 0 Å². The molecule has 0 amide bonds. The van der Waals surface area contributed by atoms with E-state index in [9.17, 15) is 14.7 Å². The van der Waals surface area contributed by atoms with Gasteiger partial charge in [-0.1, -0.05) is 44.7 Å². The van der Waals surface area contributed by atoms with Gasteiger partial charge in [-0.15, -0.1) is 0 Å². The Hall–Kier alpha value is -2.08. The molecule has 0 aromatic heterocycles. The van der Waals surface area contributed by atoms with Crippen LogP contribution in [-0.4, -0.2) is 29.4 Å². The normalized spacial score (nSPS) is 13.1. The Morgan fingerprint density at radius 3 is 2.50 bits per heavy atom. The number of carbonyl (C=O) groups is 2. The maximum absolute atomic E-state index is 12.0. The molecule has 0 aliphatic carbocycles. The fourth-order valence-electron chi connectivity index (χ4n) is 2.51. The molecule has 1 aromatic carbocycles. The number of phenols is 1. The number of ether oxygens (including phenoxy) is 2. The Balaban J connectivity index is 2.33. The van der Waals surface area contributed by atoms with E-state index in [4.69, 9.17) is 15.2 Å². The van der Waals surface area contributed by atoms with Gasteiger partial charge in [-0.3, -0.25) is 9.59 Å². The van der Waals surface area contributed by atoms with Crippen molar-refractivity contribution >= 4 is 11.9 Å². The maximum Gasteiger partial charge on any atom is 0.326 e. The van der Waals surface area contributed by atoms with E-state index in [0.29, 0.717) is 6.42 Å². The van der Waals surface area contributed by atoms with Gasteiger partial charge in [0.1, 0.15) is 11.8 Å². The molecule has 0 saturated heterocycles. The molecule has 0 fully saturated rings. The van der Waals surface area contributed by atoms with Gasteiger partial charge in [0, 0.05) is 13.3 Å². The van der Waals surface area contributed by atoms with Crippen molar-refractivity contribution in [1.82, 2.24) is 0 Å². The predicted octanol–water partition coefficient (Wildman–Crippen LogP) is 3.36. The van der Waals surface area contributed by atoms with Crippen LogP contribution in [0.5, 0.6) is 5.75 Å². The third kappa shape index (κ3) is 8.34. The van der Waals surface area contributed by atoms with Crippen molar-refractivity contribution in [2.24, 2.45) is 5.73 Å². The lowest BCUT2D eigenvalue weighted by Crippen LogP contribution is -2.37. The molecule has 26 heavy (non-hydrogen) atoms. The number of benzene rings is 1. The minimum atomic E-state index is -0.969. The summed E-state index contributed by atoms with van der Waals surface area (Å²) in [6.45, 7) is 5.42. The van der Waals surface area contributed by atoms with E-state index in [2.05, 4.69) is 6.92 Å². The minimum absolute atomic E-state index is 0.157. The van der Waals surface area contributed by atoms with Gasteiger partial charge in [-0.25, -0.2) is 0 Å². The summed E-state index contributed by atoms with van der Waals surface area (Å²) >= 11 is 0. The van der Waals surface area contributed by atoms with Crippen LogP contribution in [0.4, 0.5) is 0 Å². The van der Waals surface area contributed by atoms with Crippen LogP contribution in [0.3, 0.4) is 0 Å². The van der Waals surface area contributed by atoms with E-state index in [1.807, 2.05) is 0 Å². The quantitative estimate of drug-likeness (QED) is 0.354. The second kappa shape index (κ2) is 11.5. The Labute approximate surface area is 155 Å². The van der Waals surface area contributed by atoms with Gasteiger partial charge in [0.2, 0.25) is 6.29 Å². The van der Waals surface area contributed by atoms with Crippen LogP contribution < -0.4 is 5.73 Å². The first kappa shape index (κ1) is 22.0. The second-order valence-electron chi connectivity index (χ2n) is 6.59. The zero-order valence-corrected chi connectivity index (χ0v) is 16.0. The number of aryl methyl sites for hydroxylation is 1. The molecular weight excluding hydrogens is 334 g/mol. The lowest BCUT2D eigenvalue weighted by molar-refractivity contribution is -0.185. The molecule has 6 heteroatoms. The molecule has 0 aliphatic heterocycles. The Morgan fingerprint density at radius 2 is 1.85 bits per heavy atom. The summed E-state index contributed by atoms with van der Waals surface area (Å²) in [4.78, 5) is 23.7. The van der Waals surface area contributed by atoms with Crippen LogP contribution in [0.1, 0.15) is 63.5 Å². The number of hydrogen-bond donors (Lipinski definition) is 2. The van der Waals surface area contributed by atoms with Crippen LogP contribution in [0.2, 0.25) is 0 Å². The van der Waals surface area contributed by atoms with Crippen molar-refractivity contribution in [3.05, 3.63) is 29.3 Å². The summed E-state index contributed by atoms with van der Waals surface area (Å²) in [5.41, 5.74) is 7.33. The highest BCUT2D eigenvalue weighted by atomic mass is 16.7. The number of unbranched alkanes of at least 4 members (excludes halogenated alkanes) is 4. The number of hydrogen-bond acceptors (Lipinski definition) is 6. The molecule has 6 nitrogen and oxygen atoms in total. The monoisotopic (exact) mass is 365 g/mol. The number of esters is 2. The lowest BCUT2D eigenvalue weighted by atomic mass is 10.0. The molecule has 1 rings (SSSR count). The minimum Gasteiger partial charge on any atom is -0.508 e. The Bertz CT molecular complexity index is 588. The van der Waals surface area contributed by atoms with Crippen molar-refractivity contribution in [2.75, 3.05) is 0 Å². The molecule has 0 heterocycles. The largest absolute Gasteiger partial charge is 0.508 e. The molecule has 0 radical (unpaired) electrons.